The zero-order valence-electron chi connectivity index (χ0n) is 15.6. The van der Waals surface area contributed by atoms with Crippen LogP contribution in [0.15, 0.2) is 47.4 Å². The molecule has 152 valence electrons. The average molecular weight is 417 g/mol. The normalized spacial score (nSPS) is 18.0. The lowest BCUT2D eigenvalue weighted by molar-refractivity contribution is 0.247. The summed E-state index contributed by atoms with van der Waals surface area (Å²) < 4.78 is 45.5. The van der Waals surface area contributed by atoms with Crippen molar-refractivity contribution in [3.05, 3.63) is 60.1 Å². The fraction of sp³-hybridized carbons (Fsp3) is 0.368. The molecule has 0 amide bonds. The minimum atomic E-state index is -3.49. The molecule has 2 aromatic heterocycles. The first-order chi connectivity index (χ1) is 14.0. The van der Waals surface area contributed by atoms with Crippen LogP contribution in [0.3, 0.4) is 0 Å². The van der Waals surface area contributed by atoms with Crippen molar-refractivity contribution in [2.24, 2.45) is 5.92 Å². The Balaban J connectivity index is 1.40. The summed E-state index contributed by atoms with van der Waals surface area (Å²) in [7, 11) is -3.49. The number of piperidine rings is 1. The predicted octanol–water partition coefficient (Wildman–Crippen LogP) is 2.45. The quantitative estimate of drug-likeness (QED) is 0.607. The van der Waals surface area contributed by atoms with Crippen LogP contribution in [0.1, 0.15) is 24.3 Å². The van der Waals surface area contributed by atoms with Gasteiger partial charge in [0.05, 0.1) is 11.9 Å². The first kappa shape index (κ1) is 19.6. The number of rotatable bonds is 6. The molecule has 29 heavy (non-hydrogen) atoms. The van der Waals surface area contributed by atoms with Crippen molar-refractivity contribution in [1.29, 1.82) is 0 Å². The fourth-order valence-corrected chi connectivity index (χ4v) is 5.07. The van der Waals surface area contributed by atoms with Crippen LogP contribution in [0.5, 0.6) is 0 Å². The predicted molar refractivity (Wildman–Crippen MR) is 102 cm³/mol. The molecule has 1 aromatic carbocycles. The third-order valence-electron chi connectivity index (χ3n) is 4.86. The molecule has 1 aliphatic rings. The summed E-state index contributed by atoms with van der Waals surface area (Å²) >= 11 is 0. The van der Waals surface area contributed by atoms with Gasteiger partial charge in [-0.2, -0.15) is 4.98 Å². The van der Waals surface area contributed by atoms with Gasteiger partial charge < -0.3 is 4.52 Å². The molecule has 3 aromatic rings. The largest absolute Gasteiger partial charge is 0.339 e. The second-order valence-electron chi connectivity index (χ2n) is 7.06. The summed E-state index contributed by atoms with van der Waals surface area (Å²) in [6.45, 7) is 0.876. The molecule has 1 unspecified atom stereocenters. The molecule has 1 aliphatic heterocycles. The van der Waals surface area contributed by atoms with Crippen LogP contribution in [-0.2, 0) is 22.2 Å². The molecule has 0 spiro atoms. The van der Waals surface area contributed by atoms with Crippen molar-refractivity contribution in [1.82, 2.24) is 24.4 Å². The molecular formula is C19H20FN5O3S. The van der Waals surface area contributed by atoms with Crippen molar-refractivity contribution in [2.45, 2.75) is 25.0 Å². The van der Waals surface area contributed by atoms with Crippen LogP contribution >= 0.6 is 0 Å². The molecule has 0 saturated carbocycles. The van der Waals surface area contributed by atoms with Crippen LogP contribution in [0.2, 0.25) is 0 Å². The molecule has 1 saturated heterocycles. The number of sulfonamides is 1. The van der Waals surface area contributed by atoms with Crippen molar-refractivity contribution in [3.8, 4) is 11.5 Å². The molecule has 4 rings (SSSR count). The van der Waals surface area contributed by atoms with Gasteiger partial charge in [-0.05, 0) is 36.5 Å². The Labute approximate surface area is 167 Å². The highest BCUT2D eigenvalue weighted by atomic mass is 32.2. The number of halogens is 1. The van der Waals surface area contributed by atoms with Gasteiger partial charge in [-0.1, -0.05) is 17.3 Å². The third kappa shape index (κ3) is 4.83. The van der Waals surface area contributed by atoms with Crippen molar-refractivity contribution >= 4 is 10.0 Å². The second kappa shape index (κ2) is 8.34. The van der Waals surface area contributed by atoms with Gasteiger partial charge >= 0.3 is 0 Å². The monoisotopic (exact) mass is 417 g/mol. The molecule has 0 bridgehead atoms. The van der Waals surface area contributed by atoms with E-state index in [0.717, 1.165) is 12.8 Å². The van der Waals surface area contributed by atoms with Gasteiger partial charge in [0.25, 0.3) is 0 Å². The highest BCUT2D eigenvalue weighted by Crippen LogP contribution is 2.24. The van der Waals surface area contributed by atoms with Crippen LogP contribution < -0.4 is 0 Å². The van der Waals surface area contributed by atoms with Gasteiger partial charge in [-0.3, -0.25) is 4.98 Å². The van der Waals surface area contributed by atoms with Crippen molar-refractivity contribution in [3.63, 3.8) is 0 Å². The summed E-state index contributed by atoms with van der Waals surface area (Å²) in [5.74, 6) is 0.377. The van der Waals surface area contributed by atoms with E-state index < -0.39 is 10.0 Å². The van der Waals surface area contributed by atoms with E-state index >= 15 is 0 Å². The Hall–Kier alpha value is -2.72. The molecule has 1 fully saturated rings. The van der Waals surface area contributed by atoms with Crippen LogP contribution in [0.25, 0.3) is 11.5 Å². The Morgan fingerprint density at radius 1 is 1.21 bits per heavy atom. The summed E-state index contributed by atoms with van der Waals surface area (Å²) in [6.07, 6.45) is 6.81. The maximum absolute atomic E-state index is 13.1. The number of aromatic nitrogens is 4. The first-order valence-electron chi connectivity index (χ1n) is 9.31. The highest BCUT2D eigenvalue weighted by Gasteiger charge is 2.30. The number of benzene rings is 1. The van der Waals surface area contributed by atoms with E-state index in [0.29, 0.717) is 42.5 Å². The van der Waals surface area contributed by atoms with Crippen molar-refractivity contribution < 1.29 is 17.3 Å². The number of nitrogens with zero attached hydrogens (tertiary/aromatic N) is 5. The highest BCUT2D eigenvalue weighted by molar-refractivity contribution is 7.88. The van der Waals surface area contributed by atoms with E-state index in [-0.39, 0.29) is 17.5 Å². The number of hydrogen-bond donors (Lipinski definition) is 0. The van der Waals surface area contributed by atoms with E-state index in [1.165, 1.54) is 28.6 Å². The Kier molecular flexibility index (Phi) is 5.63. The molecule has 0 radical (unpaired) electrons. The van der Waals surface area contributed by atoms with E-state index in [1.807, 2.05) is 0 Å². The lowest BCUT2D eigenvalue weighted by Gasteiger charge is -2.31. The average Bonchev–Trinajstić information content (AvgIpc) is 3.19. The van der Waals surface area contributed by atoms with E-state index in [2.05, 4.69) is 20.1 Å². The maximum Gasteiger partial charge on any atom is 0.227 e. The molecule has 0 N–H and O–H groups in total. The summed E-state index contributed by atoms with van der Waals surface area (Å²) in [5.41, 5.74) is 1.09. The Bertz CT molecular complexity index is 1060. The Morgan fingerprint density at radius 2 is 2.03 bits per heavy atom. The first-order valence-corrected chi connectivity index (χ1v) is 10.9. The fourth-order valence-electron chi connectivity index (χ4n) is 3.43. The molecule has 0 aliphatic carbocycles. The summed E-state index contributed by atoms with van der Waals surface area (Å²) in [4.78, 5) is 12.5. The van der Waals surface area contributed by atoms with Gasteiger partial charge in [0, 0.05) is 31.9 Å². The van der Waals surface area contributed by atoms with Gasteiger partial charge in [0.2, 0.25) is 21.7 Å². The smallest absolute Gasteiger partial charge is 0.227 e. The lowest BCUT2D eigenvalue weighted by atomic mass is 9.96. The SMILES string of the molecule is O=S(=O)(Cc1ccc(F)cc1)N1CCCC(Cc2nc(-c3cnccn3)no2)C1. The lowest BCUT2D eigenvalue weighted by Crippen LogP contribution is -2.41. The molecule has 10 heteroatoms. The second-order valence-corrected chi connectivity index (χ2v) is 9.02. The van der Waals surface area contributed by atoms with Crippen molar-refractivity contribution in [2.75, 3.05) is 13.1 Å². The molecule has 3 heterocycles. The van der Waals surface area contributed by atoms with Gasteiger partial charge in [-0.15, -0.1) is 0 Å². The zero-order valence-corrected chi connectivity index (χ0v) is 16.4. The number of hydrogen-bond acceptors (Lipinski definition) is 7. The summed E-state index contributed by atoms with van der Waals surface area (Å²) in [6, 6.07) is 5.55. The minimum Gasteiger partial charge on any atom is -0.339 e. The van der Waals surface area contributed by atoms with Gasteiger partial charge in [0.15, 0.2) is 0 Å². The van der Waals surface area contributed by atoms with Crippen LogP contribution in [0.4, 0.5) is 4.39 Å². The van der Waals surface area contributed by atoms with E-state index in [9.17, 15) is 12.8 Å². The minimum absolute atomic E-state index is 0.0851. The van der Waals surface area contributed by atoms with Crippen LogP contribution in [0, 0.1) is 11.7 Å². The third-order valence-corrected chi connectivity index (χ3v) is 6.68. The standard InChI is InChI=1S/C19H20FN5O3S/c20-16-5-3-14(4-6-16)13-29(26,27)25-9-1-2-15(12-25)10-18-23-19(24-28-18)17-11-21-7-8-22-17/h3-8,11,15H,1-2,9-10,12-13H2. The molecular weight excluding hydrogens is 397 g/mol. The molecule has 8 nitrogen and oxygen atoms in total. The van der Waals surface area contributed by atoms with Gasteiger partial charge in [0.1, 0.15) is 11.5 Å². The van der Waals surface area contributed by atoms with Crippen LogP contribution in [-0.4, -0.2) is 45.9 Å². The van der Waals surface area contributed by atoms with Gasteiger partial charge in [-0.25, -0.2) is 22.1 Å². The Morgan fingerprint density at radius 3 is 2.79 bits per heavy atom. The maximum atomic E-state index is 13.1. The van der Waals surface area contributed by atoms with E-state index in [1.54, 1.807) is 18.6 Å². The topological polar surface area (TPSA) is 102 Å². The molecule has 1 atom stereocenters. The zero-order chi connectivity index (χ0) is 20.3. The summed E-state index contributed by atoms with van der Waals surface area (Å²) in [5, 5.41) is 3.93. The van der Waals surface area contributed by atoms with E-state index in [4.69, 9.17) is 4.52 Å².